The number of aromatic nitrogens is 2. The van der Waals surface area contributed by atoms with Gasteiger partial charge in [-0.05, 0) is 38.1 Å². The van der Waals surface area contributed by atoms with Crippen molar-refractivity contribution >= 4 is 35.6 Å². The van der Waals surface area contributed by atoms with Crippen LogP contribution >= 0.6 is 0 Å². The Balaban J connectivity index is 0.000000519. The number of nitrogens with one attached hydrogen (secondary N) is 5. The second-order valence-electron chi connectivity index (χ2n) is 11.5. The number of imidazole rings is 1. The number of morpholine rings is 1. The van der Waals surface area contributed by atoms with Crippen LogP contribution in [0.15, 0.2) is 12.5 Å². The van der Waals surface area contributed by atoms with E-state index in [0.717, 1.165) is 5.69 Å². The van der Waals surface area contributed by atoms with Crippen molar-refractivity contribution in [2.75, 3.05) is 46.1 Å². The maximum absolute atomic E-state index is 12.7. The number of primary amides is 2. The first-order valence-electron chi connectivity index (χ1n) is 15.8. The summed E-state index contributed by atoms with van der Waals surface area (Å²) in [7, 11) is 0. The number of nitrogens with two attached hydrogens (primary N) is 3. The number of rotatable bonds is 19. The molecule has 1 saturated heterocycles. The van der Waals surface area contributed by atoms with Crippen LogP contribution in [0.2, 0.25) is 0 Å². The van der Waals surface area contributed by atoms with Gasteiger partial charge in [-0.2, -0.15) is 0 Å². The molecule has 1 fully saturated rings. The molecule has 19 nitrogen and oxygen atoms in total. The van der Waals surface area contributed by atoms with E-state index in [9.17, 15) is 33.9 Å². The first-order chi connectivity index (χ1) is 22.8. The molecule has 0 bridgehead atoms. The number of ether oxygens (including phenoxy) is 1. The van der Waals surface area contributed by atoms with E-state index in [1.165, 1.54) is 6.33 Å². The highest BCUT2D eigenvalue weighted by Crippen LogP contribution is 2.07. The van der Waals surface area contributed by atoms with Gasteiger partial charge in [0.2, 0.25) is 29.5 Å². The Hall–Kier alpha value is -4.33. The van der Waals surface area contributed by atoms with E-state index in [1.807, 2.05) is 13.8 Å². The van der Waals surface area contributed by atoms with Crippen molar-refractivity contribution in [1.82, 2.24) is 36.1 Å². The molecule has 7 amide bonds. The van der Waals surface area contributed by atoms with Crippen LogP contribution in [-0.4, -0.2) is 131 Å². The molecule has 19 heteroatoms. The third-order valence-electron chi connectivity index (χ3n) is 7.04. The van der Waals surface area contributed by atoms with Crippen LogP contribution in [0.3, 0.4) is 0 Å². The number of H-pyrrole nitrogens is 1. The van der Waals surface area contributed by atoms with Crippen molar-refractivity contribution in [2.24, 2.45) is 23.1 Å². The molecule has 13 N–H and O–H groups in total. The summed E-state index contributed by atoms with van der Waals surface area (Å²) in [6.45, 7) is 5.13. The van der Waals surface area contributed by atoms with Gasteiger partial charge >= 0.3 is 6.03 Å². The maximum atomic E-state index is 12.7. The van der Waals surface area contributed by atoms with Gasteiger partial charge in [0.15, 0.2) is 0 Å². The van der Waals surface area contributed by atoms with Gasteiger partial charge < -0.3 is 63.3 Å². The fraction of sp³-hybridized carbons (Fsp3) is 0.690. The molecule has 272 valence electrons. The molecule has 0 spiro atoms. The van der Waals surface area contributed by atoms with Crippen molar-refractivity contribution in [3.8, 4) is 0 Å². The molecule has 2 heterocycles. The fourth-order valence-corrected chi connectivity index (χ4v) is 4.43. The van der Waals surface area contributed by atoms with Crippen molar-refractivity contribution in [3.05, 3.63) is 18.2 Å². The second kappa shape index (κ2) is 23.1. The Kier molecular flexibility index (Phi) is 20.0. The predicted molar refractivity (Wildman–Crippen MR) is 172 cm³/mol. The molecule has 48 heavy (non-hydrogen) atoms. The summed E-state index contributed by atoms with van der Waals surface area (Å²) < 4.78 is 5.16. The number of carbonyl (C=O) groups excluding carboxylic acids is 6. The second-order valence-corrected chi connectivity index (χ2v) is 11.5. The molecule has 0 saturated carbocycles. The van der Waals surface area contributed by atoms with Gasteiger partial charge in [-0.15, -0.1) is 0 Å². The molecule has 1 aliphatic heterocycles. The van der Waals surface area contributed by atoms with Crippen molar-refractivity contribution in [1.29, 1.82) is 0 Å². The van der Waals surface area contributed by atoms with E-state index in [1.54, 1.807) is 11.1 Å². The van der Waals surface area contributed by atoms with Crippen LogP contribution in [0, 0.1) is 5.92 Å². The lowest BCUT2D eigenvalue weighted by molar-refractivity contribution is -0.134. The molecule has 1 aliphatic rings. The summed E-state index contributed by atoms with van der Waals surface area (Å²) in [4.78, 5) is 79.9. The zero-order valence-corrected chi connectivity index (χ0v) is 27.6. The maximum Gasteiger partial charge on any atom is 0.318 e. The zero-order valence-electron chi connectivity index (χ0n) is 27.6. The number of aromatic amines is 1. The van der Waals surface area contributed by atoms with Crippen LogP contribution in [-0.2, 0) is 35.1 Å². The highest BCUT2D eigenvalue weighted by molar-refractivity contribution is 5.94. The number of amides is 7. The van der Waals surface area contributed by atoms with Gasteiger partial charge in [0.1, 0.15) is 24.2 Å². The molecule has 0 radical (unpaired) electrons. The molecule has 1 aromatic heterocycles. The first kappa shape index (κ1) is 41.7. The molecule has 0 aromatic carbocycles. The van der Waals surface area contributed by atoms with Gasteiger partial charge in [-0.3, -0.25) is 24.0 Å². The summed E-state index contributed by atoms with van der Waals surface area (Å²) in [5.74, 6) is -3.10. The van der Waals surface area contributed by atoms with Crippen LogP contribution in [0.4, 0.5) is 4.79 Å². The molecular formula is C29H52N10O9. The summed E-state index contributed by atoms with van der Waals surface area (Å²) in [5, 5.41) is 28.1. The average molecular weight is 685 g/mol. The van der Waals surface area contributed by atoms with Gasteiger partial charge in [0.25, 0.3) is 0 Å². The van der Waals surface area contributed by atoms with Crippen LogP contribution in [0.1, 0.15) is 51.6 Å². The topological polar surface area (TPSA) is 310 Å². The highest BCUT2D eigenvalue weighted by Gasteiger charge is 2.29. The van der Waals surface area contributed by atoms with Crippen molar-refractivity contribution < 1.29 is 43.7 Å². The average Bonchev–Trinajstić information content (AvgIpc) is 3.56. The van der Waals surface area contributed by atoms with E-state index in [2.05, 4.69) is 31.2 Å². The van der Waals surface area contributed by atoms with Crippen molar-refractivity contribution in [3.63, 3.8) is 0 Å². The van der Waals surface area contributed by atoms with Crippen molar-refractivity contribution in [2.45, 2.75) is 76.5 Å². The number of hydrogen-bond donors (Lipinski definition) is 10. The molecule has 1 aromatic rings. The van der Waals surface area contributed by atoms with E-state index < -0.39 is 66.9 Å². The van der Waals surface area contributed by atoms with Gasteiger partial charge in [-0.1, -0.05) is 13.8 Å². The Bertz CT molecular complexity index is 1150. The largest absolute Gasteiger partial charge is 0.396 e. The summed E-state index contributed by atoms with van der Waals surface area (Å²) >= 11 is 0. The third-order valence-corrected chi connectivity index (χ3v) is 7.04. The first-order valence-corrected chi connectivity index (χ1v) is 15.8. The number of urea groups is 1. The summed E-state index contributed by atoms with van der Waals surface area (Å²) in [5.41, 5.74) is 16.9. The Morgan fingerprint density at radius 2 is 1.54 bits per heavy atom. The van der Waals surface area contributed by atoms with Crippen LogP contribution in [0.5, 0.6) is 0 Å². The van der Waals surface area contributed by atoms with Gasteiger partial charge in [0.05, 0.1) is 32.8 Å². The minimum Gasteiger partial charge on any atom is -0.396 e. The minimum absolute atomic E-state index is 0.110. The normalized spacial score (nSPS) is 15.2. The Labute approximate surface area is 279 Å². The minimum atomic E-state index is -1.28. The van der Waals surface area contributed by atoms with Gasteiger partial charge in [-0.25, -0.2) is 9.78 Å². The molecule has 4 atom stereocenters. The number of aliphatic hydroxyl groups is 2. The molecule has 3 unspecified atom stereocenters. The van der Waals surface area contributed by atoms with E-state index >= 15 is 0 Å². The molecule has 0 aliphatic carbocycles. The predicted octanol–water partition coefficient (Wildman–Crippen LogP) is -3.68. The zero-order chi connectivity index (χ0) is 36.1. The number of carbonyl (C=O) groups is 6. The standard InChI is InChI=1S/C18H35N5O6.C11H17N5O3/c1-11(2)9-13(16(20)27)23-17(28)12(5-3-4-7-19)22-18(29)14(10-25)21-15(26)6-8-24;12-10(17)9(5-8-6-13-7-14-8)15-11(18)16-1-3-19-4-2-16/h11-14,24-25H,3-10,19H2,1-2H3,(H2,20,27)(H,21,26)(H,22,29)(H,23,28);6-7,9H,1-5H2,(H2,12,17)(H,13,14)(H,15,18)/t12-,13?,14?;/m1./s1. The molecule has 2 rings (SSSR count). The number of aliphatic hydroxyl groups excluding tert-OH is 2. The lowest BCUT2D eigenvalue weighted by Gasteiger charge is -2.28. The highest BCUT2D eigenvalue weighted by atomic mass is 16.5. The Morgan fingerprint density at radius 1 is 0.917 bits per heavy atom. The lowest BCUT2D eigenvalue weighted by atomic mass is 10.0. The Morgan fingerprint density at radius 3 is 2.06 bits per heavy atom. The van der Waals surface area contributed by atoms with E-state index in [4.69, 9.17) is 27.0 Å². The number of nitrogens with zero attached hydrogens (tertiary/aromatic N) is 2. The monoisotopic (exact) mass is 684 g/mol. The lowest BCUT2D eigenvalue weighted by Crippen LogP contribution is -2.57. The summed E-state index contributed by atoms with van der Waals surface area (Å²) in [6, 6.07) is -4.20. The van der Waals surface area contributed by atoms with E-state index in [-0.39, 0.29) is 24.8 Å². The smallest absolute Gasteiger partial charge is 0.318 e. The quantitative estimate of drug-likeness (QED) is 0.0633. The number of unbranched alkanes of at least 4 members (excludes halogenated alkanes) is 1. The van der Waals surface area contributed by atoms with Crippen LogP contribution < -0.4 is 38.5 Å². The fourth-order valence-electron chi connectivity index (χ4n) is 4.43. The third kappa shape index (κ3) is 16.5. The summed E-state index contributed by atoms with van der Waals surface area (Å²) in [6.07, 6.45) is 4.95. The SMILES string of the molecule is CC(C)CC(NC(=O)[C@@H](CCCCN)NC(=O)C(CO)NC(=O)CCO)C(N)=O.NC(=O)C(Cc1cnc[nH]1)NC(=O)N1CCOCC1. The van der Waals surface area contributed by atoms with Gasteiger partial charge in [0, 0.05) is 37.8 Å². The van der Waals surface area contributed by atoms with E-state index in [0.29, 0.717) is 58.5 Å². The number of hydrogen-bond acceptors (Lipinski definition) is 11. The van der Waals surface area contributed by atoms with Crippen LogP contribution in [0.25, 0.3) is 0 Å². The molecular weight excluding hydrogens is 632 g/mol.